The highest BCUT2D eigenvalue weighted by Crippen LogP contribution is 2.08. The van der Waals surface area contributed by atoms with E-state index in [2.05, 4.69) is 5.32 Å². The van der Waals surface area contributed by atoms with Crippen molar-refractivity contribution in [3.8, 4) is 0 Å². The van der Waals surface area contributed by atoms with E-state index in [0.29, 0.717) is 5.56 Å². The second-order valence-electron chi connectivity index (χ2n) is 3.83. The predicted molar refractivity (Wildman–Crippen MR) is 64.7 cm³/mol. The molecule has 0 saturated heterocycles. The van der Waals surface area contributed by atoms with Crippen LogP contribution in [-0.4, -0.2) is 24.5 Å². The fraction of sp³-hybridized carbons (Fsp3) is 0.333. The van der Waals surface area contributed by atoms with Crippen LogP contribution in [0.4, 0.5) is 5.69 Å². The predicted octanol–water partition coefficient (Wildman–Crippen LogP) is 1.15. The van der Waals surface area contributed by atoms with E-state index in [1.807, 2.05) is 0 Å². The summed E-state index contributed by atoms with van der Waals surface area (Å²) in [5.74, 6) is -0.797. The first-order valence-corrected chi connectivity index (χ1v) is 5.32. The zero-order valence-corrected chi connectivity index (χ0v) is 9.90. The molecule has 0 atom stereocenters. The van der Waals surface area contributed by atoms with Crippen LogP contribution in [0.25, 0.3) is 0 Å². The molecule has 1 amide bonds. The number of primary amides is 1. The van der Waals surface area contributed by atoms with Crippen molar-refractivity contribution >= 4 is 17.6 Å². The number of carbonyl (C=O) groups is 2. The average Bonchev–Trinajstić information content (AvgIpc) is 2.26. The van der Waals surface area contributed by atoms with E-state index >= 15 is 0 Å². The summed E-state index contributed by atoms with van der Waals surface area (Å²) in [6.45, 7) is 3.67. The van der Waals surface area contributed by atoms with Gasteiger partial charge >= 0.3 is 5.97 Å². The van der Waals surface area contributed by atoms with Crippen molar-refractivity contribution in [2.24, 2.45) is 5.73 Å². The van der Waals surface area contributed by atoms with Gasteiger partial charge in [0, 0.05) is 11.3 Å². The molecule has 92 valence electrons. The summed E-state index contributed by atoms with van der Waals surface area (Å²) in [6, 6.07) is 6.56. The molecule has 0 spiro atoms. The largest absolute Gasteiger partial charge is 0.462 e. The lowest BCUT2D eigenvalue weighted by Crippen LogP contribution is -2.20. The molecule has 3 N–H and O–H groups in total. The van der Waals surface area contributed by atoms with Gasteiger partial charge in [-0.2, -0.15) is 0 Å². The molecule has 0 aliphatic carbocycles. The van der Waals surface area contributed by atoms with E-state index < -0.39 is 5.91 Å². The maximum absolute atomic E-state index is 11.2. The SMILES string of the molecule is CC(C)OC(=O)CNc1ccc(C(N)=O)cc1. The minimum atomic E-state index is -0.476. The van der Waals surface area contributed by atoms with Crippen LogP contribution < -0.4 is 11.1 Å². The number of ether oxygens (including phenoxy) is 1. The van der Waals surface area contributed by atoms with Crippen LogP contribution in [0.5, 0.6) is 0 Å². The molecule has 0 aromatic heterocycles. The number of hydrogen-bond acceptors (Lipinski definition) is 4. The fourth-order valence-corrected chi connectivity index (χ4v) is 1.23. The molecular weight excluding hydrogens is 220 g/mol. The molecule has 0 saturated carbocycles. The lowest BCUT2D eigenvalue weighted by atomic mass is 10.2. The molecular formula is C12H16N2O3. The number of nitrogens with one attached hydrogen (secondary N) is 1. The first-order chi connectivity index (χ1) is 7.99. The maximum Gasteiger partial charge on any atom is 0.325 e. The molecule has 0 bridgehead atoms. The lowest BCUT2D eigenvalue weighted by Gasteiger charge is -2.09. The number of esters is 1. The summed E-state index contributed by atoms with van der Waals surface area (Å²) < 4.78 is 4.96. The van der Waals surface area contributed by atoms with Gasteiger partial charge in [0.2, 0.25) is 5.91 Å². The Morgan fingerprint density at radius 2 is 1.88 bits per heavy atom. The van der Waals surface area contributed by atoms with Crippen LogP contribution in [0, 0.1) is 0 Å². The molecule has 0 unspecified atom stereocenters. The fourth-order valence-electron chi connectivity index (χ4n) is 1.23. The second-order valence-corrected chi connectivity index (χ2v) is 3.83. The summed E-state index contributed by atoms with van der Waals surface area (Å²) in [6.07, 6.45) is -0.124. The van der Waals surface area contributed by atoms with E-state index in [9.17, 15) is 9.59 Å². The first kappa shape index (κ1) is 13.0. The topological polar surface area (TPSA) is 81.4 Å². The highest BCUT2D eigenvalue weighted by atomic mass is 16.5. The molecule has 0 radical (unpaired) electrons. The Hall–Kier alpha value is -2.04. The third-order valence-corrected chi connectivity index (χ3v) is 1.97. The summed E-state index contributed by atoms with van der Waals surface area (Å²) in [7, 11) is 0. The minimum Gasteiger partial charge on any atom is -0.462 e. The first-order valence-electron chi connectivity index (χ1n) is 5.32. The van der Waals surface area contributed by atoms with Crippen molar-refractivity contribution in [3.05, 3.63) is 29.8 Å². The molecule has 5 heteroatoms. The van der Waals surface area contributed by atoms with Crippen LogP contribution in [0.3, 0.4) is 0 Å². The molecule has 0 fully saturated rings. The number of nitrogens with two attached hydrogens (primary N) is 1. The van der Waals surface area contributed by atoms with Gasteiger partial charge in [-0.1, -0.05) is 0 Å². The van der Waals surface area contributed by atoms with Gasteiger partial charge in [-0.15, -0.1) is 0 Å². The van der Waals surface area contributed by atoms with Gasteiger partial charge < -0.3 is 15.8 Å². The highest BCUT2D eigenvalue weighted by Gasteiger charge is 2.05. The van der Waals surface area contributed by atoms with E-state index in [1.165, 1.54) is 0 Å². The minimum absolute atomic E-state index is 0.0914. The normalized spacial score (nSPS) is 10.1. The molecule has 17 heavy (non-hydrogen) atoms. The summed E-state index contributed by atoms with van der Waals surface area (Å²) in [4.78, 5) is 22.1. The molecule has 5 nitrogen and oxygen atoms in total. The zero-order chi connectivity index (χ0) is 12.8. The monoisotopic (exact) mass is 236 g/mol. The average molecular weight is 236 g/mol. The van der Waals surface area contributed by atoms with Crippen molar-refractivity contribution in [2.45, 2.75) is 20.0 Å². The van der Waals surface area contributed by atoms with Gasteiger partial charge in [0.25, 0.3) is 0 Å². The van der Waals surface area contributed by atoms with Gasteiger partial charge in [-0.05, 0) is 38.1 Å². The van der Waals surface area contributed by atoms with Crippen molar-refractivity contribution in [1.82, 2.24) is 0 Å². The van der Waals surface area contributed by atoms with Crippen LogP contribution >= 0.6 is 0 Å². The Morgan fingerprint density at radius 3 is 2.35 bits per heavy atom. The van der Waals surface area contributed by atoms with Crippen molar-refractivity contribution in [2.75, 3.05) is 11.9 Å². The third-order valence-electron chi connectivity index (χ3n) is 1.97. The van der Waals surface area contributed by atoms with Crippen LogP contribution in [0.1, 0.15) is 24.2 Å². The van der Waals surface area contributed by atoms with E-state index in [0.717, 1.165) is 5.69 Å². The van der Waals surface area contributed by atoms with E-state index in [4.69, 9.17) is 10.5 Å². The van der Waals surface area contributed by atoms with Crippen LogP contribution in [-0.2, 0) is 9.53 Å². The van der Waals surface area contributed by atoms with Crippen LogP contribution in [0.2, 0.25) is 0 Å². The highest BCUT2D eigenvalue weighted by molar-refractivity contribution is 5.93. The van der Waals surface area contributed by atoms with Gasteiger partial charge in [-0.3, -0.25) is 9.59 Å². The molecule has 0 aliphatic rings. The smallest absolute Gasteiger partial charge is 0.325 e. The van der Waals surface area contributed by atoms with Gasteiger partial charge in [0.1, 0.15) is 6.54 Å². The van der Waals surface area contributed by atoms with Gasteiger partial charge in [0.05, 0.1) is 6.10 Å². The number of carbonyl (C=O) groups excluding carboxylic acids is 2. The number of benzene rings is 1. The van der Waals surface area contributed by atoms with Crippen molar-refractivity contribution < 1.29 is 14.3 Å². The summed E-state index contributed by atoms with van der Waals surface area (Å²) in [5.41, 5.74) is 6.27. The third kappa shape index (κ3) is 4.55. The van der Waals surface area contributed by atoms with E-state index in [-0.39, 0.29) is 18.6 Å². The van der Waals surface area contributed by atoms with Crippen LogP contribution in [0.15, 0.2) is 24.3 Å². The number of rotatable bonds is 5. The quantitative estimate of drug-likeness (QED) is 0.751. The number of hydrogen-bond donors (Lipinski definition) is 2. The van der Waals surface area contributed by atoms with Crippen molar-refractivity contribution in [1.29, 1.82) is 0 Å². The summed E-state index contributed by atoms with van der Waals surface area (Å²) in [5, 5.41) is 2.89. The Labute approximate surface area is 99.9 Å². The molecule has 1 aromatic carbocycles. The zero-order valence-electron chi connectivity index (χ0n) is 9.90. The van der Waals surface area contributed by atoms with Gasteiger partial charge in [-0.25, -0.2) is 0 Å². The molecule has 0 aliphatic heterocycles. The van der Waals surface area contributed by atoms with E-state index in [1.54, 1.807) is 38.1 Å². The Kier molecular flexibility index (Phi) is 4.51. The molecule has 0 heterocycles. The second kappa shape index (κ2) is 5.89. The standard InChI is InChI=1S/C12H16N2O3/c1-8(2)17-11(15)7-14-10-5-3-9(4-6-10)12(13)16/h3-6,8,14H,7H2,1-2H3,(H2,13,16). The van der Waals surface area contributed by atoms with Gasteiger partial charge in [0.15, 0.2) is 0 Å². The molecule has 1 aromatic rings. The number of amides is 1. The van der Waals surface area contributed by atoms with Crippen molar-refractivity contribution in [3.63, 3.8) is 0 Å². The number of anilines is 1. The Balaban J connectivity index is 2.47. The Morgan fingerprint density at radius 1 is 1.29 bits per heavy atom. The maximum atomic E-state index is 11.2. The molecule has 1 rings (SSSR count). The Bertz CT molecular complexity index is 399. The summed E-state index contributed by atoms with van der Waals surface area (Å²) >= 11 is 0. The lowest BCUT2D eigenvalue weighted by molar-refractivity contribution is -0.145.